The summed E-state index contributed by atoms with van der Waals surface area (Å²) in [7, 11) is 1.40. The van der Waals surface area contributed by atoms with Crippen LogP contribution in [0.2, 0.25) is 0 Å². The van der Waals surface area contributed by atoms with E-state index >= 15 is 0 Å². The molecule has 1 unspecified atom stereocenters. The number of hydrogen-bond donors (Lipinski definition) is 0. The molecule has 0 heterocycles. The van der Waals surface area contributed by atoms with Gasteiger partial charge in [-0.05, 0) is 26.0 Å². The highest BCUT2D eigenvalue weighted by molar-refractivity contribution is 5.29. The Morgan fingerprint density at radius 1 is 1.29 bits per heavy atom. The first-order valence-corrected chi connectivity index (χ1v) is 4.58. The molecule has 1 aromatic rings. The molecule has 1 aromatic carbocycles. The van der Waals surface area contributed by atoms with Gasteiger partial charge in [0.1, 0.15) is 5.75 Å². The molecule has 0 saturated heterocycles. The molecule has 1 radical (unpaired) electrons. The third kappa shape index (κ3) is 3.01. The quantitative estimate of drug-likeness (QED) is 0.692. The SMILES string of the molecule is COC([O])c1cccc(OC(C)C)c1. The van der Waals surface area contributed by atoms with Gasteiger partial charge in [0, 0.05) is 12.7 Å². The van der Waals surface area contributed by atoms with Crippen LogP contribution < -0.4 is 4.74 Å². The standard InChI is InChI=1S/C11H15O3/c1-8(2)14-10-6-4-5-9(7-10)11(12)13-3/h4-8,11H,1-3H3. The summed E-state index contributed by atoms with van der Waals surface area (Å²) >= 11 is 0. The fourth-order valence-electron chi connectivity index (χ4n) is 1.14. The average molecular weight is 195 g/mol. The zero-order valence-electron chi connectivity index (χ0n) is 8.69. The van der Waals surface area contributed by atoms with E-state index < -0.39 is 6.29 Å². The molecule has 14 heavy (non-hydrogen) atoms. The highest BCUT2D eigenvalue weighted by Gasteiger charge is 2.08. The van der Waals surface area contributed by atoms with Crippen LogP contribution in [0.1, 0.15) is 25.7 Å². The number of rotatable bonds is 4. The van der Waals surface area contributed by atoms with Crippen molar-refractivity contribution in [3.8, 4) is 5.75 Å². The minimum atomic E-state index is -1.13. The van der Waals surface area contributed by atoms with Crippen molar-refractivity contribution < 1.29 is 14.6 Å². The Bertz CT molecular complexity index is 284. The molecule has 77 valence electrons. The Morgan fingerprint density at radius 2 is 2.00 bits per heavy atom. The number of ether oxygens (including phenoxy) is 2. The maximum atomic E-state index is 11.3. The van der Waals surface area contributed by atoms with Gasteiger partial charge in [-0.3, -0.25) is 0 Å². The summed E-state index contributed by atoms with van der Waals surface area (Å²) in [5.74, 6) is 0.704. The van der Waals surface area contributed by atoms with Gasteiger partial charge in [-0.1, -0.05) is 12.1 Å². The van der Waals surface area contributed by atoms with Crippen molar-refractivity contribution in [3.63, 3.8) is 0 Å². The second kappa shape index (κ2) is 4.98. The molecule has 0 bridgehead atoms. The summed E-state index contributed by atoms with van der Waals surface area (Å²) in [6.45, 7) is 3.88. The smallest absolute Gasteiger partial charge is 0.217 e. The topological polar surface area (TPSA) is 38.4 Å². The van der Waals surface area contributed by atoms with Gasteiger partial charge >= 0.3 is 0 Å². The van der Waals surface area contributed by atoms with Crippen LogP contribution in [-0.2, 0) is 9.84 Å². The van der Waals surface area contributed by atoms with Crippen molar-refractivity contribution in [1.82, 2.24) is 0 Å². The number of benzene rings is 1. The Balaban J connectivity index is 2.78. The molecule has 0 N–H and O–H groups in total. The van der Waals surface area contributed by atoms with Crippen molar-refractivity contribution in [3.05, 3.63) is 29.8 Å². The Morgan fingerprint density at radius 3 is 2.57 bits per heavy atom. The van der Waals surface area contributed by atoms with Crippen LogP contribution in [0.15, 0.2) is 24.3 Å². The van der Waals surface area contributed by atoms with Gasteiger partial charge in [-0.2, -0.15) is 5.11 Å². The van der Waals surface area contributed by atoms with E-state index in [0.29, 0.717) is 11.3 Å². The summed E-state index contributed by atoms with van der Waals surface area (Å²) in [6, 6.07) is 7.05. The Hall–Kier alpha value is -1.06. The molecule has 3 heteroatoms. The minimum Gasteiger partial charge on any atom is -0.491 e. The molecule has 0 spiro atoms. The van der Waals surface area contributed by atoms with E-state index in [1.54, 1.807) is 18.2 Å². The molecule has 0 fully saturated rings. The maximum absolute atomic E-state index is 11.3. The first kappa shape index (κ1) is 11.0. The van der Waals surface area contributed by atoms with E-state index in [1.807, 2.05) is 19.9 Å². The minimum absolute atomic E-state index is 0.109. The van der Waals surface area contributed by atoms with E-state index in [0.717, 1.165) is 0 Å². The zero-order valence-corrected chi connectivity index (χ0v) is 8.69. The lowest BCUT2D eigenvalue weighted by molar-refractivity contribution is -0.123. The van der Waals surface area contributed by atoms with E-state index in [4.69, 9.17) is 4.74 Å². The van der Waals surface area contributed by atoms with Crippen LogP contribution in [0.25, 0.3) is 0 Å². The molecular formula is C11H15O3. The van der Waals surface area contributed by atoms with Crippen LogP contribution in [0.5, 0.6) is 5.75 Å². The van der Waals surface area contributed by atoms with E-state index in [2.05, 4.69) is 4.74 Å². The van der Waals surface area contributed by atoms with Crippen LogP contribution in [0.3, 0.4) is 0 Å². The van der Waals surface area contributed by atoms with Gasteiger partial charge in [0.2, 0.25) is 6.29 Å². The van der Waals surface area contributed by atoms with Crippen LogP contribution >= 0.6 is 0 Å². The largest absolute Gasteiger partial charge is 0.491 e. The van der Waals surface area contributed by atoms with Crippen molar-refractivity contribution in [2.75, 3.05) is 7.11 Å². The second-order valence-corrected chi connectivity index (χ2v) is 3.31. The van der Waals surface area contributed by atoms with Crippen molar-refractivity contribution in [2.24, 2.45) is 0 Å². The number of hydrogen-bond acceptors (Lipinski definition) is 2. The lowest BCUT2D eigenvalue weighted by atomic mass is 10.2. The van der Waals surface area contributed by atoms with Crippen molar-refractivity contribution >= 4 is 0 Å². The summed E-state index contributed by atoms with van der Waals surface area (Å²) in [6.07, 6.45) is -1.02. The normalized spacial score (nSPS) is 12.9. The molecule has 0 aromatic heterocycles. The molecular weight excluding hydrogens is 180 g/mol. The molecule has 0 aliphatic carbocycles. The summed E-state index contributed by atoms with van der Waals surface area (Å²) in [4.78, 5) is 0. The zero-order chi connectivity index (χ0) is 10.6. The predicted molar refractivity (Wildman–Crippen MR) is 52.6 cm³/mol. The lowest BCUT2D eigenvalue weighted by Gasteiger charge is -2.12. The maximum Gasteiger partial charge on any atom is 0.217 e. The van der Waals surface area contributed by atoms with Gasteiger partial charge in [0.15, 0.2) is 0 Å². The van der Waals surface area contributed by atoms with Crippen molar-refractivity contribution in [1.29, 1.82) is 0 Å². The molecule has 1 atom stereocenters. The highest BCUT2D eigenvalue weighted by atomic mass is 16.6. The lowest BCUT2D eigenvalue weighted by Crippen LogP contribution is -2.06. The third-order valence-electron chi connectivity index (χ3n) is 1.72. The van der Waals surface area contributed by atoms with E-state index in [-0.39, 0.29) is 6.10 Å². The summed E-state index contributed by atoms with van der Waals surface area (Å²) in [5, 5.41) is 11.3. The monoisotopic (exact) mass is 195 g/mol. The first-order chi connectivity index (χ1) is 6.63. The predicted octanol–water partition coefficient (Wildman–Crippen LogP) is 2.55. The fourth-order valence-corrected chi connectivity index (χ4v) is 1.14. The summed E-state index contributed by atoms with van der Waals surface area (Å²) in [5.41, 5.74) is 0.589. The fraction of sp³-hybridized carbons (Fsp3) is 0.455. The van der Waals surface area contributed by atoms with Crippen LogP contribution in [-0.4, -0.2) is 13.2 Å². The average Bonchev–Trinajstić information content (AvgIpc) is 2.16. The molecule has 0 amide bonds. The number of methoxy groups -OCH3 is 1. The van der Waals surface area contributed by atoms with Crippen molar-refractivity contribution in [2.45, 2.75) is 26.2 Å². The van der Waals surface area contributed by atoms with Gasteiger partial charge in [-0.15, -0.1) is 0 Å². The molecule has 1 rings (SSSR count). The van der Waals surface area contributed by atoms with Gasteiger partial charge in [0.05, 0.1) is 6.10 Å². The van der Waals surface area contributed by atoms with Crippen LogP contribution in [0, 0.1) is 0 Å². The third-order valence-corrected chi connectivity index (χ3v) is 1.72. The van der Waals surface area contributed by atoms with Gasteiger partial charge < -0.3 is 9.47 Å². The van der Waals surface area contributed by atoms with E-state index in [9.17, 15) is 5.11 Å². The Kier molecular flexibility index (Phi) is 3.92. The first-order valence-electron chi connectivity index (χ1n) is 4.58. The van der Waals surface area contributed by atoms with Crippen LogP contribution in [0.4, 0.5) is 0 Å². The molecule has 0 saturated carbocycles. The highest BCUT2D eigenvalue weighted by Crippen LogP contribution is 2.20. The Labute approximate surface area is 84.3 Å². The van der Waals surface area contributed by atoms with Gasteiger partial charge in [0.25, 0.3) is 0 Å². The van der Waals surface area contributed by atoms with Gasteiger partial charge in [-0.25, -0.2) is 0 Å². The summed E-state index contributed by atoms with van der Waals surface area (Å²) < 4.78 is 10.1. The second-order valence-electron chi connectivity index (χ2n) is 3.31. The molecule has 0 aliphatic heterocycles. The molecule has 0 aliphatic rings. The molecule has 3 nitrogen and oxygen atoms in total. The van der Waals surface area contributed by atoms with E-state index in [1.165, 1.54) is 7.11 Å².